The predicted molar refractivity (Wildman–Crippen MR) is 96.1 cm³/mol. The Kier molecular flexibility index (Phi) is 6.17. The van der Waals surface area contributed by atoms with E-state index in [0.29, 0.717) is 30.1 Å². The Morgan fingerprint density at radius 2 is 2.04 bits per heavy atom. The molecule has 1 heterocycles. The Balaban J connectivity index is 2.34. The van der Waals surface area contributed by atoms with Crippen LogP contribution in [0, 0.1) is 0 Å². The maximum Gasteiger partial charge on any atom is 0.265 e. The zero-order valence-electron chi connectivity index (χ0n) is 15.4. The number of fused-ring (bicyclic) bond motifs is 1. The Bertz CT molecular complexity index is 671. The number of ketones is 1. The van der Waals surface area contributed by atoms with Crippen LogP contribution >= 0.6 is 0 Å². The normalized spacial score (nSPS) is 14.6. The summed E-state index contributed by atoms with van der Waals surface area (Å²) in [6.45, 7) is 8.37. The highest BCUT2D eigenvalue weighted by Crippen LogP contribution is 2.34. The minimum absolute atomic E-state index is 0.0922. The van der Waals surface area contributed by atoms with Crippen LogP contribution in [-0.4, -0.2) is 48.2 Å². The van der Waals surface area contributed by atoms with E-state index in [2.05, 4.69) is 6.92 Å². The highest BCUT2D eigenvalue weighted by atomic mass is 16.5. The lowest BCUT2D eigenvalue weighted by molar-refractivity contribution is -0.134. The van der Waals surface area contributed by atoms with Crippen LogP contribution < -0.4 is 9.64 Å². The smallest absolute Gasteiger partial charge is 0.265 e. The molecule has 0 bridgehead atoms. The molecule has 6 heteroatoms. The van der Waals surface area contributed by atoms with Crippen LogP contribution in [0.2, 0.25) is 0 Å². The van der Waals surface area contributed by atoms with Crippen molar-refractivity contribution in [3.8, 4) is 5.75 Å². The van der Waals surface area contributed by atoms with Gasteiger partial charge in [-0.2, -0.15) is 0 Å². The standard InChI is InChI=1S/C19H26N2O4/c1-5-7-10-20(6-2)19(24)13(3)21-16-11-15(14(4)22)8-9-17(16)25-12-18(21)23/h8-9,11,13H,5-7,10,12H2,1-4H3. The molecule has 0 saturated carbocycles. The third-order valence-electron chi connectivity index (χ3n) is 4.46. The van der Waals surface area contributed by atoms with Crippen LogP contribution in [-0.2, 0) is 9.59 Å². The number of ether oxygens (including phenoxy) is 1. The largest absolute Gasteiger partial charge is 0.482 e. The molecule has 1 unspecified atom stereocenters. The molecular formula is C19H26N2O4. The molecule has 6 nitrogen and oxygen atoms in total. The van der Waals surface area contributed by atoms with Gasteiger partial charge in [0.05, 0.1) is 5.69 Å². The van der Waals surface area contributed by atoms with Crippen LogP contribution in [0.3, 0.4) is 0 Å². The molecule has 0 radical (unpaired) electrons. The number of benzene rings is 1. The van der Waals surface area contributed by atoms with E-state index in [1.54, 1.807) is 30.0 Å². The summed E-state index contributed by atoms with van der Waals surface area (Å²) in [5.41, 5.74) is 0.969. The molecule has 136 valence electrons. The van der Waals surface area contributed by atoms with Gasteiger partial charge in [-0.3, -0.25) is 19.3 Å². The molecule has 2 amide bonds. The van der Waals surface area contributed by atoms with Crippen LogP contribution in [0.25, 0.3) is 0 Å². The molecule has 1 aliphatic rings. The van der Waals surface area contributed by atoms with Crippen molar-refractivity contribution in [1.29, 1.82) is 0 Å². The molecule has 25 heavy (non-hydrogen) atoms. The molecule has 1 aromatic rings. The third kappa shape index (κ3) is 4.00. The molecule has 0 aromatic heterocycles. The zero-order chi connectivity index (χ0) is 18.6. The fourth-order valence-electron chi connectivity index (χ4n) is 2.96. The van der Waals surface area contributed by atoms with Gasteiger partial charge >= 0.3 is 0 Å². The number of rotatable bonds is 7. The summed E-state index contributed by atoms with van der Waals surface area (Å²) < 4.78 is 5.45. The molecule has 0 saturated heterocycles. The van der Waals surface area contributed by atoms with Gasteiger partial charge in [0.2, 0.25) is 5.91 Å². The summed E-state index contributed by atoms with van der Waals surface area (Å²) in [6.07, 6.45) is 1.92. The van der Waals surface area contributed by atoms with Crippen molar-refractivity contribution in [2.75, 3.05) is 24.6 Å². The fourth-order valence-corrected chi connectivity index (χ4v) is 2.96. The number of hydrogen-bond acceptors (Lipinski definition) is 4. The number of nitrogens with zero attached hydrogens (tertiary/aromatic N) is 2. The molecule has 1 atom stereocenters. The maximum absolute atomic E-state index is 12.9. The number of anilines is 1. The van der Waals surface area contributed by atoms with Gasteiger partial charge in [-0.25, -0.2) is 0 Å². The van der Waals surface area contributed by atoms with E-state index in [0.717, 1.165) is 12.8 Å². The van der Waals surface area contributed by atoms with Gasteiger partial charge in [-0.1, -0.05) is 13.3 Å². The van der Waals surface area contributed by atoms with Crippen LogP contribution in [0.5, 0.6) is 5.75 Å². The van der Waals surface area contributed by atoms with E-state index < -0.39 is 6.04 Å². The second-order valence-corrected chi connectivity index (χ2v) is 6.24. The van der Waals surface area contributed by atoms with E-state index in [4.69, 9.17) is 4.74 Å². The topological polar surface area (TPSA) is 66.9 Å². The van der Waals surface area contributed by atoms with Crippen LogP contribution in [0.1, 0.15) is 50.9 Å². The Morgan fingerprint density at radius 1 is 1.32 bits per heavy atom. The number of carbonyl (C=O) groups is 3. The first-order chi connectivity index (χ1) is 11.9. The van der Waals surface area contributed by atoms with Crippen molar-refractivity contribution in [1.82, 2.24) is 4.90 Å². The summed E-state index contributed by atoms with van der Waals surface area (Å²) in [5, 5.41) is 0. The first-order valence-electron chi connectivity index (χ1n) is 8.79. The predicted octanol–water partition coefficient (Wildman–Crippen LogP) is 2.65. The van der Waals surface area contributed by atoms with E-state index in [9.17, 15) is 14.4 Å². The first-order valence-corrected chi connectivity index (χ1v) is 8.79. The number of hydrogen-bond donors (Lipinski definition) is 0. The van der Waals surface area contributed by atoms with Gasteiger partial charge in [0.25, 0.3) is 5.91 Å². The second kappa shape index (κ2) is 8.14. The van der Waals surface area contributed by atoms with Crippen molar-refractivity contribution in [2.45, 2.75) is 46.6 Å². The molecule has 0 spiro atoms. The lowest BCUT2D eigenvalue weighted by Gasteiger charge is -2.36. The van der Waals surface area contributed by atoms with Gasteiger partial charge in [0.15, 0.2) is 12.4 Å². The summed E-state index contributed by atoms with van der Waals surface area (Å²) in [7, 11) is 0. The van der Waals surface area contributed by atoms with Gasteiger partial charge in [-0.15, -0.1) is 0 Å². The highest BCUT2D eigenvalue weighted by Gasteiger charge is 2.35. The van der Waals surface area contributed by atoms with Crippen molar-refractivity contribution in [3.05, 3.63) is 23.8 Å². The molecule has 2 rings (SSSR count). The number of Topliss-reactive ketones (excluding diaryl/α,β-unsaturated/α-hetero) is 1. The summed E-state index contributed by atoms with van der Waals surface area (Å²) in [6, 6.07) is 4.33. The number of unbranched alkanes of at least 4 members (excludes halogenated alkanes) is 1. The average molecular weight is 346 g/mol. The molecule has 0 fully saturated rings. The highest BCUT2D eigenvalue weighted by molar-refractivity contribution is 6.05. The van der Waals surface area contributed by atoms with E-state index in [1.807, 2.05) is 6.92 Å². The summed E-state index contributed by atoms with van der Waals surface area (Å²) in [4.78, 5) is 40.2. The van der Waals surface area contributed by atoms with E-state index >= 15 is 0 Å². The van der Waals surface area contributed by atoms with Gasteiger partial charge in [0.1, 0.15) is 11.8 Å². The SMILES string of the molecule is CCCCN(CC)C(=O)C(C)N1C(=O)COc2ccc(C(C)=O)cc21. The van der Waals surface area contributed by atoms with Crippen molar-refractivity contribution in [2.24, 2.45) is 0 Å². The summed E-state index contributed by atoms with van der Waals surface area (Å²) in [5.74, 6) is 0.0460. The van der Waals surface area contributed by atoms with Gasteiger partial charge in [0, 0.05) is 18.7 Å². The Hall–Kier alpha value is -2.37. The first kappa shape index (κ1) is 19.0. The minimum atomic E-state index is -0.644. The summed E-state index contributed by atoms with van der Waals surface area (Å²) >= 11 is 0. The third-order valence-corrected chi connectivity index (χ3v) is 4.46. The monoisotopic (exact) mass is 346 g/mol. The van der Waals surface area contributed by atoms with Crippen molar-refractivity contribution >= 4 is 23.3 Å². The molecule has 1 aromatic carbocycles. The second-order valence-electron chi connectivity index (χ2n) is 6.24. The van der Waals surface area contributed by atoms with Gasteiger partial charge < -0.3 is 9.64 Å². The minimum Gasteiger partial charge on any atom is -0.482 e. The molecule has 1 aliphatic heterocycles. The van der Waals surface area contributed by atoms with Gasteiger partial charge in [-0.05, 0) is 45.4 Å². The lowest BCUT2D eigenvalue weighted by Crippen LogP contribution is -2.52. The zero-order valence-corrected chi connectivity index (χ0v) is 15.4. The van der Waals surface area contributed by atoms with Crippen LogP contribution in [0.15, 0.2) is 18.2 Å². The van der Waals surface area contributed by atoms with Crippen LogP contribution in [0.4, 0.5) is 5.69 Å². The van der Waals surface area contributed by atoms with Crippen molar-refractivity contribution in [3.63, 3.8) is 0 Å². The average Bonchev–Trinajstić information content (AvgIpc) is 2.60. The Labute approximate surface area is 148 Å². The van der Waals surface area contributed by atoms with E-state index in [1.165, 1.54) is 11.8 Å². The maximum atomic E-state index is 12.9. The fraction of sp³-hybridized carbons (Fsp3) is 0.526. The Morgan fingerprint density at radius 3 is 2.64 bits per heavy atom. The number of amides is 2. The van der Waals surface area contributed by atoms with Crippen molar-refractivity contribution < 1.29 is 19.1 Å². The quantitative estimate of drug-likeness (QED) is 0.712. The number of likely N-dealkylation sites (N-methyl/N-ethyl adjacent to an activating group) is 1. The molecular weight excluding hydrogens is 320 g/mol. The molecule has 0 aliphatic carbocycles. The van der Waals surface area contributed by atoms with E-state index in [-0.39, 0.29) is 24.2 Å². The molecule has 0 N–H and O–H groups in total. The number of carbonyl (C=O) groups excluding carboxylic acids is 3. The lowest BCUT2D eigenvalue weighted by atomic mass is 10.1.